The molecule has 0 unspecified atom stereocenters. The largest absolute Gasteiger partial charge is 0.309 e. The van der Waals surface area contributed by atoms with Crippen LogP contribution in [-0.4, -0.2) is 24.1 Å². The number of para-hydroxylation sites is 4. The summed E-state index contributed by atoms with van der Waals surface area (Å²) in [5, 5.41) is 4.82. The van der Waals surface area contributed by atoms with Crippen molar-refractivity contribution in [1.82, 2.24) is 24.1 Å². The average molecular weight is 752 g/mol. The lowest BCUT2D eigenvalue weighted by Gasteiger charge is -2.17. The molecule has 0 amide bonds. The highest BCUT2D eigenvalue weighted by Crippen LogP contribution is 2.44. The van der Waals surface area contributed by atoms with Crippen LogP contribution in [0.3, 0.4) is 0 Å². The molecule has 0 aliphatic carbocycles. The molecular formula is C51H31N5S. The molecule has 0 bridgehead atoms. The summed E-state index contributed by atoms with van der Waals surface area (Å²) >= 11 is 1.23. The predicted molar refractivity (Wildman–Crippen MR) is 238 cm³/mol. The first-order chi connectivity index (χ1) is 30.8. The lowest BCUT2D eigenvalue weighted by atomic mass is 9.98. The Bertz CT molecular complexity index is 3790. The van der Waals surface area contributed by atoms with Gasteiger partial charge >= 0.3 is 0 Å². The summed E-state index contributed by atoms with van der Waals surface area (Å²) in [6.45, 7) is 0. The van der Waals surface area contributed by atoms with Gasteiger partial charge in [-0.25, -0.2) is 4.98 Å². The van der Waals surface area contributed by atoms with Crippen molar-refractivity contribution in [2.45, 2.75) is 0 Å². The molecule has 0 fully saturated rings. The summed E-state index contributed by atoms with van der Waals surface area (Å²) in [5.41, 5.74) is 6.98. The molecule has 266 valence electrons. The normalized spacial score (nSPS) is 13.3. The summed E-state index contributed by atoms with van der Waals surface area (Å²) < 4.78 is 59.2. The van der Waals surface area contributed by atoms with Gasteiger partial charge in [0.05, 0.1) is 36.0 Å². The van der Waals surface area contributed by atoms with Crippen molar-refractivity contribution >= 4 is 75.1 Å². The van der Waals surface area contributed by atoms with Gasteiger partial charge in [-0.15, -0.1) is 11.3 Å². The highest BCUT2D eigenvalue weighted by molar-refractivity contribution is 7.26. The van der Waals surface area contributed by atoms with Gasteiger partial charge in [-0.05, 0) is 36.4 Å². The van der Waals surface area contributed by atoms with Crippen LogP contribution in [0.1, 0.15) is 8.22 Å². The van der Waals surface area contributed by atoms with E-state index in [-0.39, 0.29) is 36.3 Å². The second-order valence-corrected chi connectivity index (χ2v) is 15.0. The molecule has 0 saturated heterocycles. The molecule has 0 radical (unpaired) electrons. The third-order valence-electron chi connectivity index (χ3n) is 10.8. The molecule has 4 heterocycles. The summed E-state index contributed by atoms with van der Waals surface area (Å²) in [4.78, 5) is 15.5. The van der Waals surface area contributed by atoms with E-state index in [1.807, 2.05) is 97.1 Å². The highest BCUT2D eigenvalue weighted by Gasteiger charge is 2.22. The van der Waals surface area contributed by atoms with Crippen LogP contribution < -0.4 is 0 Å². The van der Waals surface area contributed by atoms with Gasteiger partial charge in [0.1, 0.15) is 0 Å². The fourth-order valence-electron chi connectivity index (χ4n) is 8.26. The quantitative estimate of drug-likeness (QED) is 0.176. The lowest BCUT2D eigenvalue weighted by Crippen LogP contribution is -2.07. The first-order valence-corrected chi connectivity index (χ1v) is 19.4. The van der Waals surface area contributed by atoms with Crippen LogP contribution in [0.15, 0.2) is 188 Å². The molecule has 0 aliphatic heterocycles. The van der Waals surface area contributed by atoms with Crippen molar-refractivity contribution in [3.63, 3.8) is 0 Å². The van der Waals surface area contributed by atoms with E-state index >= 15 is 0 Å². The Labute approximate surface area is 339 Å². The minimum atomic E-state index is -0.295. The maximum atomic E-state index is 9.53. The Hall–Kier alpha value is -7.41. The molecule has 0 atom stereocenters. The van der Waals surface area contributed by atoms with Crippen LogP contribution in [0, 0.1) is 0 Å². The standard InChI is InChI=1S/C51H31N5S/c1-2-15-32(16-3-1)49-52-50(54-51(53-49)56-44-26-11-6-19-36(44)37-20-7-12-27-45(37)56)33-29-30-38(40-22-14-23-41-39-21-8-13-28-47(39)57-48(40)41)46(31-33)55-42-24-9-4-17-34(42)35-18-5-10-25-43(35)55/h1-31H/i8D,14D,21D,22D,23D,28D. The molecular weight excluding hydrogens is 715 g/mol. The number of nitrogens with zero attached hydrogens (tertiary/aromatic N) is 5. The Morgan fingerprint density at radius 2 is 0.982 bits per heavy atom. The summed E-state index contributed by atoms with van der Waals surface area (Å²) in [7, 11) is 0. The van der Waals surface area contributed by atoms with Crippen LogP contribution in [0.2, 0.25) is 0 Å². The monoisotopic (exact) mass is 751 g/mol. The van der Waals surface area contributed by atoms with Crippen molar-refractivity contribution in [3.8, 4) is 45.5 Å². The maximum absolute atomic E-state index is 9.53. The van der Waals surface area contributed by atoms with Crippen molar-refractivity contribution in [2.24, 2.45) is 0 Å². The molecule has 5 nitrogen and oxygen atoms in total. The van der Waals surface area contributed by atoms with Crippen molar-refractivity contribution in [3.05, 3.63) is 188 Å². The third-order valence-corrected chi connectivity index (χ3v) is 11.9. The zero-order valence-corrected chi connectivity index (χ0v) is 30.9. The van der Waals surface area contributed by atoms with Gasteiger partial charge in [0, 0.05) is 64.0 Å². The summed E-state index contributed by atoms with van der Waals surface area (Å²) in [6.07, 6.45) is 0. The molecule has 0 N–H and O–H groups in total. The van der Waals surface area contributed by atoms with Crippen LogP contribution in [0.4, 0.5) is 0 Å². The number of hydrogen-bond donors (Lipinski definition) is 0. The third kappa shape index (κ3) is 4.91. The molecule has 4 aromatic heterocycles. The number of aromatic nitrogens is 5. The summed E-state index contributed by atoms with van der Waals surface area (Å²) in [5.74, 6) is 1.38. The van der Waals surface area contributed by atoms with E-state index in [0.717, 1.165) is 49.2 Å². The van der Waals surface area contributed by atoms with Gasteiger partial charge in [0.25, 0.3) is 0 Å². The van der Waals surface area contributed by atoms with Gasteiger partial charge in [-0.2, -0.15) is 9.97 Å². The van der Waals surface area contributed by atoms with E-state index < -0.39 is 0 Å². The Morgan fingerprint density at radius 3 is 1.63 bits per heavy atom. The predicted octanol–water partition coefficient (Wildman–Crippen LogP) is 13.4. The second kappa shape index (κ2) is 12.6. The molecule has 12 rings (SSSR count). The molecule has 12 aromatic rings. The van der Waals surface area contributed by atoms with Gasteiger partial charge in [0.15, 0.2) is 11.6 Å². The van der Waals surface area contributed by atoms with Crippen LogP contribution in [0.5, 0.6) is 0 Å². The Kier molecular flexibility index (Phi) is 5.82. The van der Waals surface area contributed by atoms with E-state index in [1.165, 1.54) is 17.4 Å². The lowest BCUT2D eigenvalue weighted by molar-refractivity contribution is 0.953. The SMILES string of the molecule is [2H]c1cc([2H])c2sc3c(-c4ccc(-c5nc(-c6ccccc6)nc(-n6c7ccccc7c7ccccc76)n5)cc4-n4c5ccccc5c5ccccc54)c([2H])c([2H])c([2H])c3c2c1[2H]. The van der Waals surface area contributed by atoms with Crippen LogP contribution >= 0.6 is 11.3 Å². The van der Waals surface area contributed by atoms with Gasteiger partial charge < -0.3 is 4.57 Å². The fourth-order valence-corrected chi connectivity index (χ4v) is 9.35. The zero-order valence-electron chi connectivity index (χ0n) is 36.1. The maximum Gasteiger partial charge on any atom is 0.238 e. The zero-order chi connectivity index (χ0) is 42.7. The first kappa shape index (κ1) is 26.4. The van der Waals surface area contributed by atoms with Gasteiger partial charge in [-0.1, -0.05) is 152 Å². The van der Waals surface area contributed by atoms with Crippen LogP contribution in [0.25, 0.3) is 109 Å². The van der Waals surface area contributed by atoms with Crippen molar-refractivity contribution in [2.75, 3.05) is 0 Å². The van der Waals surface area contributed by atoms with Crippen molar-refractivity contribution < 1.29 is 8.22 Å². The van der Waals surface area contributed by atoms with E-state index in [1.54, 1.807) is 0 Å². The topological polar surface area (TPSA) is 48.5 Å². The number of thiophene rings is 1. The second-order valence-electron chi connectivity index (χ2n) is 13.9. The minimum Gasteiger partial charge on any atom is -0.309 e. The molecule has 6 heteroatoms. The number of hydrogen-bond acceptors (Lipinski definition) is 4. The minimum absolute atomic E-state index is 0.0664. The Morgan fingerprint density at radius 1 is 0.421 bits per heavy atom. The molecule has 0 saturated carbocycles. The molecule has 57 heavy (non-hydrogen) atoms. The summed E-state index contributed by atoms with van der Waals surface area (Å²) in [6, 6.07) is 49.1. The Balaban J connectivity index is 1.20. The van der Waals surface area contributed by atoms with E-state index in [9.17, 15) is 1.37 Å². The fraction of sp³-hybridized carbons (Fsp3) is 0. The van der Waals surface area contributed by atoms with Gasteiger partial charge in [-0.3, -0.25) is 4.57 Å². The van der Waals surface area contributed by atoms with Gasteiger partial charge in [0.2, 0.25) is 5.95 Å². The molecule has 0 aliphatic rings. The smallest absolute Gasteiger partial charge is 0.238 e. The van der Waals surface area contributed by atoms with Crippen LogP contribution in [-0.2, 0) is 0 Å². The average Bonchev–Trinajstić information content (AvgIpc) is 3.99. The first-order valence-electron chi connectivity index (χ1n) is 21.6. The molecule has 8 aromatic carbocycles. The van der Waals surface area contributed by atoms with E-state index in [0.29, 0.717) is 60.1 Å². The van der Waals surface area contributed by atoms with E-state index in [4.69, 9.17) is 21.8 Å². The molecule has 0 spiro atoms. The highest BCUT2D eigenvalue weighted by atomic mass is 32.1. The van der Waals surface area contributed by atoms with E-state index in [2.05, 4.69) is 57.7 Å². The number of benzene rings is 8. The number of rotatable bonds is 5. The number of fused-ring (bicyclic) bond motifs is 9. The van der Waals surface area contributed by atoms with Crippen molar-refractivity contribution in [1.29, 1.82) is 0 Å².